The number of hydrogen-bond acceptors (Lipinski definition) is 3. The van der Waals surface area contributed by atoms with Gasteiger partial charge >= 0.3 is 6.03 Å². The van der Waals surface area contributed by atoms with E-state index in [2.05, 4.69) is 70.4 Å². The Labute approximate surface area is 394 Å². The largest absolute Gasteiger partial charge is 0.354 e. The molecular formula is C49H71Cl5N6O. The average molecular weight is 937 g/mol. The smallest absolute Gasteiger partial charge is 0.326 e. The normalized spacial score (nSPS) is 10.8. The van der Waals surface area contributed by atoms with Crippen LogP contribution in [0.4, 0.5) is 16.2 Å². The second-order valence-electron chi connectivity index (χ2n) is 15.8. The zero-order valence-electron chi connectivity index (χ0n) is 36.4. The number of amides is 2. The number of pyridine rings is 2. The molecule has 2 heterocycles. The molecule has 4 rings (SSSR count). The lowest BCUT2D eigenvalue weighted by Gasteiger charge is -2.24. The molecule has 0 saturated heterocycles. The number of rotatable bonds is 29. The highest BCUT2D eigenvalue weighted by Crippen LogP contribution is 2.28. The number of anilines is 2. The molecule has 0 aliphatic carbocycles. The van der Waals surface area contributed by atoms with Crippen molar-refractivity contribution in [1.29, 1.82) is 0 Å². The molecule has 0 fully saturated rings. The van der Waals surface area contributed by atoms with Crippen LogP contribution in [-0.4, -0.2) is 34.8 Å². The first-order valence-corrected chi connectivity index (χ1v) is 23.7. The van der Waals surface area contributed by atoms with Crippen molar-refractivity contribution in [2.45, 2.75) is 148 Å². The molecule has 2 aromatic carbocycles. The fourth-order valence-corrected chi connectivity index (χ4v) is 7.60. The van der Waals surface area contributed by atoms with Crippen molar-refractivity contribution in [3.8, 4) is 0 Å². The number of carbonyl (C=O) groups excluding carboxylic acids is 1. The zero-order valence-corrected chi connectivity index (χ0v) is 40.3. The maximum Gasteiger partial charge on any atom is 0.326 e. The van der Waals surface area contributed by atoms with Crippen LogP contribution in [0, 0.1) is 0 Å². The van der Waals surface area contributed by atoms with Crippen molar-refractivity contribution in [2.24, 2.45) is 9.98 Å². The lowest BCUT2D eigenvalue weighted by atomic mass is 10.1. The number of unbranched alkanes of at least 4 members (excludes halogenated alkanes) is 17. The topological polar surface area (TPSA) is 66.9 Å². The van der Waals surface area contributed by atoms with Gasteiger partial charge in [0.25, 0.3) is 0 Å². The number of aryl methyl sites for hydroxylation is 2. The minimum absolute atomic E-state index is 0. The number of hydrogen-bond donors (Lipinski definition) is 1. The van der Waals surface area contributed by atoms with Gasteiger partial charge in [-0.05, 0) is 98.8 Å². The highest BCUT2D eigenvalue weighted by atomic mass is 35.5. The second kappa shape index (κ2) is 33.6. The van der Waals surface area contributed by atoms with Gasteiger partial charge in [0.15, 0.2) is 0 Å². The molecule has 2 aromatic heterocycles. The van der Waals surface area contributed by atoms with E-state index >= 15 is 0 Å². The Morgan fingerprint density at radius 3 is 1.46 bits per heavy atom. The predicted molar refractivity (Wildman–Crippen MR) is 267 cm³/mol. The first kappa shape index (κ1) is 54.2. The average Bonchev–Trinajstić information content (AvgIpc) is 3.24. The number of carbonyl (C=O) groups is 1. The maximum absolute atomic E-state index is 13.2. The van der Waals surface area contributed by atoms with E-state index in [0.717, 1.165) is 75.4 Å². The fraction of sp³-hybridized carbons (Fsp3) is 0.531. The summed E-state index contributed by atoms with van der Waals surface area (Å²) in [5.74, 6) is 0. The molecule has 0 radical (unpaired) electrons. The van der Waals surface area contributed by atoms with Gasteiger partial charge in [-0.3, -0.25) is 14.9 Å². The number of halogens is 5. The van der Waals surface area contributed by atoms with Crippen molar-refractivity contribution in [2.75, 3.05) is 29.9 Å². The summed E-state index contributed by atoms with van der Waals surface area (Å²) in [5, 5.41) is 6.65. The summed E-state index contributed by atoms with van der Waals surface area (Å²) in [7, 11) is 0. The van der Waals surface area contributed by atoms with Crippen LogP contribution >= 0.6 is 59.6 Å². The third-order valence-corrected chi connectivity index (χ3v) is 11.8. The molecule has 1 N–H and O–H groups in total. The van der Waals surface area contributed by atoms with Gasteiger partial charge in [0, 0.05) is 73.9 Å². The molecule has 338 valence electrons. The first-order chi connectivity index (χ1) is 28.9. The summed E-state index contributed by atoms with van der Waals surface area (Å²) in [6.45, 7) is 6.82. The summed E-state index contributed by atoms with van der Waals surface area (Å²) in [4.78, 5) is 24.5. The van der Waals surface area contributed by atoms with E-state index in [9.17, 15) is 4.79 Å². The van der Waals surface area contributed by atoms with E-state index in [1.54, 1.807) is 41.3 Å². The Morgan fingerprint density at radius 2 is 0.984 bits per heavy atom. The summed E-state index contributed by atoms with van der Waals surface area (Å²) in [6, 6.07) is 20.8. The van der Waals surface area contributed by atoms with E-state index in [4.69, 9.17) is 44.8 Å². The number of urea groups is 1. The quantitative estimate of drug-likeness (QED) is 0.0542. The van der Waals surface area contributed by atoms with Crippen LogP contribution in [0.5, 0.6) is 0 Å². The number of nitrogens with zero attached hydrogens (tertiary/aromatic N) is 5. The Kier molecular flexibility index (Phi) is 29.8. The highest BCUT2D eigenvalue weighted by Gasteiger charge is 2.17. The van der Waals surface area contributed by atoms with Gasteiger partial charge in [0.2, 0.25) is 0 Å². The third kappa shape index (κ3) is 23.4. The summed E-state index contributed by atoms with van der Waals surface area (Å²) < 4.78 is 4.59. The van der Waals surface area contributed by atoms with E-state index < -0.39 is 0 Å². The SMILES string of the molecule is CCCCCCCCN=c1ccn(CCCCCCCCCCn2ccc(=NCCCCCCCCN(C(=O)Nc3ccc(Cl)cc3)c3ccc(Cl)c(Cl)c3)cc2)cc1.Cl.Cl. The lowest BCUT2D eigenvalue weighted by Crippen LogP contribution is -2.35. The molecule has 4 aromatic rings. The van der Waals surface area contributed by atoms with Crippen LogP contribution in [0.1, 0.15) is 135 Å². The molecule has 2 amide bonds. The Hall–Kier alpha value is -2.94. The van der Waals surface area contributed by atoms with E-state index in [1.165, 1.54) is 89.9 Å². The van der Waals surface area contributed by atoms with E-state index in [1.807, 2.05) is 6.07 Å². The lowest BCUT2D eigenvalue weighted by molar-refractivity contribution is 0.256. The van der Waals surface area contributed by atoms with Crippen LogP contribution in [0.2, 0.25) is 15.1 Å². The molecule has 0 bridgehead atoms. The van der Waals surface area contributed by atoms with Gasteiger partial charge in [-0.2, -0.15) is 0 Å². The van der Waals surface area contributed by atoms with Crippen LogP contribution in [0.3, 0.4) is 0 Å². The van der Waals surface area contributed by atoms with Gasteiger partial charge in [-0.15, -0.1) is 24.8 Å². The Bertz CT molecular complexity index is 1860. The fourth-order valence-electron chi connectivity index (χ4n) is 7.18. The summed E-state index contributed by atoms with van der Waals surface area (Å²) >= 11 is 18.4. The van der Waals surface area contributed by atoms with Crippen LogP contribution in [-0.2, 0) is 13.1 Å². The minimum atomic E-state index is -0.218. The van der Waals surface area contributed by atoms with Gasteiger partial charge < -0.3 is 14.5 Å². The van der Waals surface area contributed by atoms with Gasteiger partial charge in [-0.1, -0.05) is 138 Å². The van der Waals surface area contributed by atoms with Gasteiger partial charge in [0.1, 0.15) is 0 Å². The maximum atomic E-state index is 13.2. The number of benzene rings is 2. The monoisotopic (exact) mass is 934 g/mol. The van der Waals surface area contributed by atoms with Crippen LogP contribution in [0.15, 0.2) is 102 Å². The van der Waals surface area contributed by atoms with Crippen molar-refractivity contribution in [3.63, 3.8) is 0 Å². The molecule has 0 atom stereocenters. The molecule has 12 heteroatoms. The molecule has 0 aliphatic rings. The first-order valence-electron chi connectivity index (χ1n) is 22.5. The van der Waals surface area contributed by atoms with Crippen molar-refractivity contribution < 1.29 is 4.79 Å². The molecule has 0 aliphatic heterocycles. The molecule has 7 nitrogen and oxygen atoms in total. The second-order valence-corrected chi connectivity index (χ2v) is 17.0. The minimum Gasteiger partial charge on any atom is -0.354 e. The number of aromatic nitrogens is 2. The van der Waals surface area contributed by atoms with Crippen molar-refractivity contribution in [3.05, 3.63) is 117 Å². The van der Waals surface area contributed by atoms with E-state index in [-0.39, 0.29) is 30.8 Å². The van der Waals surface area contributed by atoms with Crippen LogP contribution in [0.25, 0.3) is 0 Å². The molecule has 0 spiro atoms. The summed E-state index contributed by atoms with van der Waals surface area (Å²) in [6.07, 6.45) is 33.5. The Balaban J connectivity index is 0.00000641. The van der Waals surface area contributed by atoms with Gasteiger partial charge in [-0.25, -0.2) is 4.79 Å². The standard InChI is InChI=1S/C49H69Cl3N6O.2ClH/c1-2-3-4-5-12-17-32-53-43-28-37-56(38-29-43)34-19-14-9-6-7-10-15-20-35-57-39-30-44(31-40-57)54-33-18-13-8-11-16-21-36-58(46-26-27-47(51)48(52)41-46)49(59)55-45-24-22-42(50)23-25-45;;/h22-31,37-41H,2-21,32-36H2,1H3,(H,55,59);2*1H. The van der Waals surface area contributed by atoms with Gasteiger partial charge in [0.05, 0.1) is 20.8 Å². The number of nitrogens with one attached hydrogen (secondary N) is 1. The van der Waals surface area contributed by atoms with Crippen molar-refractivity contribution >= 4 is 77.0 Å². The Morgan fingerprint density at radius 1 is 0.541 bits per heavy atom. The van der Waals surface area contributed by atoms with Crippen LogP contribution < -0.4 is 20.9 Å². The van der Waals surface area contributed by atoms with Crippen molar-refractivity contribution in [1.82, 2.24) is 9.13 Å². The third-order valence-electron chi connectivity index (χ3n) is 10.8. The summed E-state index contributed by atoms with van der Waals surface area (Å²) in [5.41, 5.74) is 1.39. The molecule has 0 saturated carbocycles. The predicted octanol–water partition coefficient (Wildman–Crippen LogP) is 15.2. The van der Waals surface area contributed by atoms with E-state index in [0.29, 0.717) is 33.0 Å². The highest BCUT2D eigenvalue weighted by molar-refractivity contribution is 6.42. The molecule has 0 unspecified atom stereocenters. The molecular weight excluding hydrogens is 866 g/mol. The molecule has 61 heavy (non-hydrogen) atoms. The zero-order chi connectivity index (χ0) is 41.8.